The van der Waals surface area contributed by atoms with E-state index in [0.29, 0.717) is 5.88 Å². The van der Waals surface area contributed by atoms with E-state index >= 15 is 0 Å². The monoisotopic (exact) mass is 207 g/mol. The van der Waals surface area contributed by atoms with E-state index < -0.39 is 0 Å². The largest absolute Gasteiger partial charge is 0.336 e. The molecule has 0 N–H and O–H groups in total. The maximum atomic E-state index is 5.63. The Morgan fingerprint density at radius 1 is 1.43 bits per heavy atom. The molecule has 0 amide bonds. The Morgan fingerprint density at radius 2 is 2.36 bits per heavy atom. The van der Waals surface area contributed by atoms with Gasteiger partial charge in [0, 0.05) is 36.6 Å². The van der Waals surface area contributed by atoms with Crippen molar-refractivity contribution in [3.05, 3.63) is 37.1 Å². The Morgan fingerprint density at radius 3 is 3.07 bits per heavy atom. The number of aromatic nitrogens is 3. The molecular weight excluding hydrogens is 198 g/mol. The average Bonchev–Trinajstić information content (AvgIpc) is 2.68. The van der Waals surface area contributed by atoms with Crippen LogP contribution in [0.2, 0.25) is 0 Å². The van der Waals surface area contributed by atoms with Crippen molar-refractivity contribution < 1.29 is 0 Å². The van der Waals surface area contributed by atoms with Crippen LogP contribution >= 0.6 is 11.6 Å². The molecule has 3 nitrogen and oxygen atoms in total. The quantitative estimate of drug-likeness (QED) is 0.723. The number of halogens is 1. The van der Waals surface area contributed by atoms with Crippen LogP contribution in [0.15, 0.2) is 37.1 Å². The Bertz CT molecular complexity index is 397. The molecule has 0 aliphatic carbocycles. The number of rotatable bonds is 3. The second-order valence-corrected chi connectivity index (χ2v) is 3.31. The first kappa shape index (κ1) is 9.21. The van der Waals surface area contributed by atoms with Crippen LogP contribution in [0.4, 0.5) is 0 Å². The van der Waals surface area contributed by atoms with Crippen molar-refractivity contribution in [3.63, 3.8) is 0 Å². The van der Waals surface area contributed by atoms with E-state index in [4.69, 9.17) is 11.6 Å². The van der Waals surface area contributed by atoms with Crippen molar-refractivity contribution in [2.24, 2.45) is 0 Å². The molecule has 14 heavy (non-hydrogen) atoms. The first-order valence-corrected chi connectivity index (χ1v) is 4.92. The molecule has 2 aromatic heterocycles. The first-order chi connectivity index (χ1) is 6.90. The first-order valence-electron chi connectivity index (χ1n) is 4.38. The van der Waals surface area contributed by atoms with Gasteiger partial charge in [0.15, 0.2) is 0 Å². The van der Waals surface area contributed by atoms with E-state index in [1.165, 1.54) is 0 Å². The third-order valence-corrected chi connectivity index (χ3v) is 2.10. The zero-order valence-corrected chi connectivity index (χ0v) is 8.35. The summed E-state index contributed by atoms with van der Waals surface area (Å²) in [5, 5.41) is 0. The third-order valence-electron chi connectivity index (χ3n) is 1.93. The zero-order valence-electron chi connectivity index (χ0n) is 7.60. The van der Waals surface area contributed by atoms with Gasteiger partial charge in [-0.2, -0.15) is 0 Å². The molecule has 0 saturated heterocycles. The topological polar surface area (TPSA) is 30.7 Å². The summed E-state index contributed by atoms with van der Waals surface area (Å²) in [5.74, 6) is 0.600. The van der Waals surface area contributed by atoms with Gasteiger partial charge in [0.05, 0.1) is 12.0 Å². The fraction of sp³-hybridized carbons (Fsp3) is 0.200. The normalized spacial score (nSPS) is 10.4. The smallest absolute Gasteiger partial charge is 0.0954 e. The summed E-state index contributed by atoms with van der Waals surface area (Å²) in [6, 6.07) is 3.89. The SMILES string of the molecule is ClCCn1cnc(-c2cccnc2)c1. The van der Waals surface area contributed by atoms with Crippen molar-refractivity contribution in [3.8, 4) is 11.3 Å². The molecule has 4 heteroatoms. The van der Waals surface area contributed by atoms with Crippen molar-refractivity contribution in [2.45, 2.75) is 6.54 Å². The number of alkyl halides is 1. The number of pyridine rings is 1. The lowest BCUT2D eigenvalue weighted by atomic mass is 10.2. The van der Waals surface area contributed by atoms with E-state index in [2.05, 4.69) is 9.97 Å². The van der Waals surface area contributed by atoms with Crippen LogP contribution in [0.25, 0.3) is 11.3 Å². The molecule has 2 rings (SSSR count). The molecule has 0 saturated carbocycles. The van der Waals surface area contributed by atoms with E-state index in [1.54, 1.807) is 18.7 Å². The fourth-order valence-corrected chi connectivity index (χ4v) is 1.44. The number of hydrogen-bond acceptors (Lipinski definition) is 2. The van der Waals surface area contributed by atoms with Gasteiger partial charge in [-0.05, 0) is 12.1 Å². The zero-order chi connectivity index (χ0) is 9.80. The molecule has 0 radical (unpaired) electrons. The van der Waals surface area contributed by atoms with E-state index in [-0.39, 0.29) is 0 Å². The molecule has 0 fully saturated rings. The fourth-order valence-electron chi connectivity index (χ4n) is 1.24. The van der Waals surface area contributed by atoms with Gasteiger partial charge in [-0.3, -0.25) is 4.98 Å². The number of nitrogens with zero attached hydrogens (tertiary/aromatic N) is 3. The molecular formula is C10H10ClN3. The Kier molecular flexibility index (Phi) is 2.79. The molecule has 0 bridgehead atoms. The van der Waals surface area contributed by atoms with Crippen LogP contribution in [-0.4, -0.2) is 20.4 Å². The Balaban J connectivity index is 2.25. The lowest BCUT2D eigenvalue weighted by molar-refractivity contribution is 0.767. The van der Waals surface area contributed by atoms with E-state index in [9.17, 15) is 0 Å². The Hall–Kier alpha value is -1.35. The summed E-state index contributed by atoms with van der Waals surface area (Å²) in [6.45, 7) is 0.787. The lowest BCUT2D eigenvalue weighted by Gasteiger charge is -1.95. The molecule has 2 aromatic rings. The van der Waals surface area contributed by atoms with Crippen LogP contribution in [0.1, 0.15) is 0 Å². The van der Waals surface area contributed by atoms with Crippen LogP contribution in [0.5, 0.6) is 0 Å². The van der Waals surface area contributed by atoms with Gasteiger partial charge in [-0.25, -0.2) is 4.98 Å². The average molecular weight is 208 g/mol. The van der Waals surface area contributed by atoms with E-state index in [1.807, 2.05) is 22.9 Å². The molecule has 2 heterocycles. The van der Waals surface area contributed by atoms with E-state index in [0.717, 1.165) is 17.8 Å². The molecule has 0 aliphatic rings. The van der Waals surface area contributed by atoms with Gasteiger partial charge in [-0.15, -0.1) is 11.6 Å². The number of hydrogen-bond donors (Lipinski definition) is 0. The van der Waals surface area contributed by atoms with Crippen LogP contribution in [0, 0.1) is 0 Å². The standard InChI is InChI=1S/C10H10ClN3/c11-3-5-14-7-10(13-8-14)9-2-1-4-12-6-9/h1-2,4,6-8H,3,5H2. The Labute approximate surface area is 87.4 Å². The van der Waals surface area contributed by atoms with Gasteiger partial charge in [0.25, 0.3) is 0 Å². The summed E-state index contributed by atoms with van der Waals surface area (Å²) in [5.41, 5.74) is 1.96. The van der Waals surface area contributed by atoms with Crippen molar-refractivity contribution >= 4 is 11.6 Å². The molecule has 0 unspecified atom stereocenters. The van der Waals surface area contributed by atoms with Crippen molar-refractivity contribution in [1.29, 1.82) is 0 Å². The van der Waals surface area contributed by atoms with Gasteiger partial charge >= 0.3 is 0 Å². The van der Waals surface area contributed by atoms with Crippen molar-refractivity contribution in [2.75, 3.05) is 5.88 Å². The van der Waals surface area contributed by atoms with Gasteiger partial charge in [-0.1, -0.05) is 0 Å². The van der Waals surface area contributed by atoms with Crippen LogP contribution in [0.3, 0.4) is 0 Å². The summed E-state index contributed by atoms with van der Waals surface area (Å²) < 4.78 is 1.97. The summed E-state index contributed by atoms with van der Waals surface area (Å²) in [7, 11) is 0. The highest BCUT2D eigenvalue weighted by Crippen LogP contribution is 2.14. The second kappa shape index (κ2) is 4.24. The highest BCUT2D eigenvalue weighted by atomic mass is 35.5. The third kappa shape index (κ3) is 1.93. The summed E-state index contributed by atoms with van der Waals surface area (Å²) in [6.07, 6.45) is 7.30. The van der Waals surface area contributed by atoms with Crippen LogP contribution < -0.4 is 0 Å². The predicted molar refractivity (Wildman–Crippen MR) is 56.2 cm³/mol. The minimum atomic E-state index is 0.600. The summed E-state index contributed by atoms with van der Waals surface area (Å²) in [4.78, 5) is 8.31. The van der Waals surface area contributed by atoms with Crippen molar-refractivity contribution in [1.82, 2.24) is 14.5 Å². The minimum absolute atomic E-state index is 0.600. The highest BCUT2D eigenvalue weighted by Gasteiger charge is 2.00. The lowest BCUT2D eigenvalue weighted by Crippen LogP contribution is -1.93. The molecule has 0 aromatic carbocycles. The molecule has 72 valence electrons. The predicted octanol–water partition coefficient (Wildman–Crippen LogP) is 2.18. The van der Waals surface area contributed by atoms with Gasteiger partial charge < -0.3 is 4.57 Å². The molecule has 0 aliphatic heterocycles. The number of imidazole rings is 1. The summed E-state index contributed by atoms with van der Waals surface area (Å²) >= 11 is 5.63. The minimum Gasteiger partial charge on any atom is -0.336 e. The molecule has 0 spiro atoms. The maximum Gasteiger partial charge on any atom is 0.0954 e. The van der Waals surface area contributed by atoms with Gasteiger partial charge in [0.1, 0.15) is 0 Å². The van der Waals surface area contributed by atoms with Gasteiger partial charge in [0.2, 0.25) is 0 Å². The maximum absolute atomic E-state index is 5.63. The van der Waals surface area contributed by atoms with Crippen LogP contribution in [-0.2, 0) is 6.54 Å². The highest BCUT2D eigenvalue weighted by molar-refractivity contribution is 6.17. The second-order valence-electron chi connectivity index (χ2n) is 2.93. The number of aryl methyl sites for hydroxylation is 1. The molecule has 0 atom stereocenters.